The minimum atomic E-state index is -0.630. The monoisotopic (exact) mass is 379 g/mol. The van der Waals surface area contributed by atoms with Gasteiger partial charge in [-0.15, -0.1) is 0 Å². The van der Waals surface area contributed by atoms with E-state index in [9.17, 15) is 14.4 Å². The Hall–Kier alpha value is -3.61. The van der Waals surface area contributed by atoms with Crippen molar-refractivity contribution in [3.8, 4) is 0 Å². The van der Waals surface area contributed by atoms with Crippen LogP contribution >= 0.6 is 0 Å². The van der Waals surface area contributed by atoms with Gasteiger partial charge in [-0.3, -0.25) is 9.36 Å². The van der Waals surface area contributed by atoms with Gasteiger partial charge in [0.2, 0.25) is 0 Å². The summed E-state index contributed by atoms with van der Waals surface area (Å²) in [4.78, 5) is 36.1. The van der Waals surface area contributed by atoms with Gasteiger partial charge in [-0.1, -0.05) is 12.1 Å². The third-order valence-electron chi connectivity index (χ3n) is 4.69. The number of carbonyl (C=O) groups is 1. The highest BCUT2D eigenvalue weighted by Gasteiger charge is 2.15. The molecular formula is C21H17NO6. The van der Waals surface area contributed by atoms with E-state index in [2.05, 4.69) is 0 Å². The first-order chi connectivity index (χ1) is 13.4. The summed E-state index contributed by atoms with van der Waals surface area (Å²) >= 11 is 0. The van der Waals surface area contributed by atoms with Gasteiger partial charge in [0.15, 0.2) is 5.58 Å². The Kier molecular flexibility index (Phi) is 4.35. The van der Waals surface area contributed by atoms with E-state index >= 15 is 0 Å². The lowest BCUT2D eigenvalue weighted by molar-refractivity contribution is -0.145. The molecule has 0 fully saturated rings. The van der Waals surface area contributed by atoms with Crippen molar-refractivity contribution >= 4 is 28.0 Å². The zero-order valence-electron chi connectivity index (χ0n) is 15.4. The zero-order valence-corrected chi connectivity index (χ0v) is 15.4. The van der Waals surface area contributed by atoms with Crippen molar-refractivity contribution < 1.29 is 18.4 Å². The predicted octanol–water partition coefficient (Wildman–Crippen LogP) is 3.06. The fourth-order valence-corrected chi connectivity index (χ4v) is 3.10. The minimum Gasteiger partial charge on any atom is -0.459 e. The Morgan fingerprint density at radius 1 is 1.00 bits per heavy atom. The number of para-hydroxylation sites is 2. The van der Waals surface area contributed by atoms with Gasteiger partial charge in [0, 0.05) is 17.0 Å². The molecule has 0 aliphatic carbocycles. The number of benzene rings is 2. The van der Waals surface area contributed by atoms with Crippen molar-refractivity contribution in [3.05, 3.63) is 80.1 Å². The molecule has 142 valence electrons. The number of aryl methyl sites for hydroxylation is 2. The average Bonchev–Trinajstić information content (AvgIpc) is 2.96. The Bertz CT molecular complexity index is 1320. The molecular weight excluding hydrogens is 362 g/mol. The average molecular weight is 379 g/mol. The molecule has 7 nitrogen and oxygen atoms in total. The number of oxazole rings is 1. The minimum absolute atomic E-state index is 0.103. The van der Waals surface area contributed by atoms with E-state index in [0.29, 0.717) is 27.6 Å². The van der Waals surface area contributed by atoms with E-state index < -0.39 is 17.4 Å². The van der Waals surface area contributed by atoms with Gasteiger partial charge in [-0.2, -0.15) is 0 Å². The van der Waals surface area contributed by atoms with Crippen LogP contribution in [0.3, 0.4) is 0 Å². The summed E-state index contributed by atoms with van der Waals surface area (Å²) in [6.07, 6.45) is 0. The number of esters is 1. The van der Waals surface area contributed by atoms with Crippen LogP contribution in [0, 0.1) is 13.8 Å². The van der Waals surface area contributed by atoms with E-state index in [1.54, 1.807) is 30.3 Å². The summed E-state index contributed by atoms with van der Waals surface area (Å²) in [7, 11) is 0. The third-order valence-corrected chi connectivity index (χ3v) is 4.69. The van der Waals surface area contributed by atoms with E-state index in [1.807, 2.05) is 19.9 Å². The fourth-order valence-electron chi connectivity index (χ4n) is 3.10. The number of hydrogen-bond donors (Lipinski definition) is 0. The van der Waals surface area contributed by atoms with E-state index in [4.69, 9.17) is 13.6 Å². The SMILES string of the molecule is Cc1cc2oc(=O)cc(COC(=O)Cn3c(=O)oc4ccccc43)c2cc1C. The molecule has 0 bridgehead atoms. The molecule has 0 amide bonds. The molecule has 0 N–H and O–H groups in total. The second kappa shape index (κ2) is 6.84. The summed E-state index contributed by atoms with van der Waals surface area (Å²) in [6.45, 7) is 3.49. The number of ether oxygens (including phenoxy) is 1. The summed E-state index contributed by atoms with van der Waals surface area (Å²) in [6, 6.07) is 11.8. The van der Waals surface area contributed by atoms with Crippen LogP contribution in [0.15, 0.2) is 60.9 Å². The van der Waals surface area contributed by atoms with E-state index in [-0.39, 0.29) is 13.2 Å². The number of rotatable bonds is 4. The zero-order chi connectivity index (χ0) is 19.8. The summed E-state index contributed by atoms with van der Waals surface area (Å²) in [5, 5.41) is 0.710. The maximum Gasteiger partial charge on any atom is 0.420 e. The Morgan fingerprint density at radius 3 is 2.57 bits per heavy atom. The molecule has 2 aromatic carbocycles. The quantitative estimate of drug-likeness (QED) is 0.400. The van der Waals surface area contributed by atoms with E-state index in [1.165, 1.54) is 10.6 Å². The number of aromatic nitrogens is 1. The second-order valence-electron chi connectivity index (χ2n) is 6.61. The number of carbonyl (C=O) groups excluding carboxylic acids is 1. The molecule has 0 unspecified atom stereocenters. The van der Waals surface area contributed by atoms with Gasteiger partial charge in [-0.25, -0.2) is 9.59 Å². The molecule has 0 spiro atoms. The molecule has 0 saturated carbocycles. The third kappa shape index (κ3) is 3.22. The molecule has 0 aliphatic heterocycles. The molecule has 4 rings (SSSR count). The molecule has 0 atom stereocenters. The first-order valence-corrected chi connectivity index (χ1v) is 8.70. The lowest BCUT2D eigenvalue weighted by atomic mass is 10.0. The van der Waals surface area contributed by atoms with Crippen LogP contribution in [0.25, 0.3) is 22.1 Å². The Labute approximate surface area is 158 Å². The van der Waals surface area contributed by atoms with Gasteiger partial charge >= 0.3 is 17.4 Å². The molecule has 2 aromatic heterocycles. The summed E-state index contributed by atoms with van der Waals surface area (Å²) < 4.78 is 16.9. The van der Waals surface area contributed by atoms with Gasteiger partial charge in [0.05, 0.1) is 5.52 Å². The van der Waals surface area contributed by atoms with Gasteiger partial charge in [-0.05, 0) is 49.2 Å². The fraction of sp³-hybridized carbons (Fsp3) is 0.190. The van der Waals surface area contributed by atoms with Crippen LogP contribution in [0.1, 0.15) is 16.7 Å². The lowest BCUT2D eigenvalue weighted by Crippen LogP contribution is -2.21. The molecule has 0 radical (unpaired) electrons. The van der Waals surface area contributed by atoms with Gasteiger partial charge < -0.3 is 13.6 Å². The smallest absolute Gasteiger partial charge is 0.420 e. The Morgan fingerprint density at radius 2 is 1.75 bits per heavy atom. The first-order valence-electron chi connectivity index (χ1n) is 8.70. The molecule has 4 aromatic rings. The van der Waals surface area contributed by atoms with Gasteiger partial charge in [0.25, 0.3) is 0 Å². The number of hydrogen-bond acceptors (Lipinski definition) is 6. The summed E-state index contributed by atoms with van der Waals surface area (Å²) in [5.41, 5.74) is 3.42. The number of fused-ring (bicyclic) bond motifs is 2. The highest BCUT2D eigenvalue weighted by Crippen LogP contribution is 2.22. The normalized spacial score (nSPS) is 11.2. The van der Waals surface area contributed by atoms with Crippen LogP contribution < -0.4 is 11.4 Å². The molecule has 7 heteroatoms. The van der Waals surface area contributed by atoms with Crippen LogP contribution in [-0.4, -0.2) is 10.5 Å². The highest BCUT2D eigenvalue weighted by molar-refractivity contribution is 5.82. The maximum atomic E-state index is 12.3. The first kappa shape index (κ1) is 17.8. The van der Waals surface area contributed by atoms with Crippen LogP contribution in [0.2, 0.25) is 0 Å². The highest BCUT2D eigenvalue weighted by atomic mass is 16.5. The van der Waals surface area contributed by atoms with Crippen molar-refractivity contribution in [2.45, 2.75) is 27.0 Å². The van der Waals surface area contributed by atoms with Crippen LogP contribution in [0.5, 0.6) is 0 Å². The topological polar surface area (TPSA) is 91.6 Å². The largest absolute Gasteiger partial charge is 0.459 e. The standard InChI is InChI=1S/C21H17NO6/c1-12-7-15-14(9-19(23)27-18(15)8-13(12)2)11-26-20(24)10-22-16-5-3-4-6-17(16)28-21(22)25/h3-9H,10-11H2,1-2H3. The van der Waals surface area contributed by atoms with Crippen molar-refractivity contribution in [2.75, 3.05) is 0 Å². The van der Waals surface area contributed by atoms with Gasteiger partial charge in [0.1, 0.15) is 18.7 Å². The van der Waals surface area contributed by atoms with Crippen molar-refractivity contribution in [1.29, 1.82) is 0 Å². The summed E-state index contributed by atoms with van der Waals surface area (Å²) in [5.74, 6) is -1.24. The van der Waals surface area contributed by atoms with Crippen molar-refractivity contribution in [3.63, 3.8) is 0 Å². The Balaban J connectivity index is 1.58. The second-order valence-corrected chi connectivity index (χ2v) is 6.61. The van der Waals surface area contributed by atoms with Crippen molar-refractivity contribution in [2.24, 2.45) is 0 Å². The molecule has 0 saturated heterocycles. The number of nitrogens with zero attached hydrogens (tertiary/aromatic N) is 1. The predicted molar refractivity (Wildman–Crippen MR) is 102 cm³/mol. The lowest BCUT2D eigenvalue weighted by Gasteiger charge is -2.09. The maximum absolute atomic E-state index is 12.3. The van der Waals surface area contributed by atoms with Crippen LogP contribution in [-0.2, 0) is 22.7 Å². The molecule has 0 aliphatic rings. The van der Waals surface area contributed by atoms with Crippen LogP contribution in [0.4, 0.5) is 0 Å². The molecule has 28 heavy (non-hydrogen) atoms. The van der Waals surface area contributed by atoms with E-state index in [0.717, 1.165) is 11.1 Å². The van der Waals surface area contributed by atoms with Crippen molar-refractivity contribution in [1.82, 2.24) is 4.57 Å². The molecule has 2 heterocycles.